The summed E-state index contributed by atoms with van der Waals surface area (Å²) in [5.74, 6) is 0. The molecule has 0 nitrogen and oxygen atoms in total. The SMILES string of the molecule is CC(C)(C)c1cccc(-c2cccc(Cl)c2Cl)c1. The summed E-state index contributed by atoms with van der Waals surface area (Å²) in [6, 6.07) is 14.2. The van der Waals surface area contributed by atoms with Gasteiger partial charge in [0.1, 0.15) is 0 Å². The molecule has 0 aliphatic rings. The molecular weight excluding hydrogens is 263 g/mol. The van der Waals surface area contributed by atoms with Gasteiger partial charge in [0.25, 0.3) is 0 Å². The molecule has 0 unspecified atom stereocenters. The first kappa shape index (κ1) is 13.5. The Morgan fingerprint density at radius 3 is 2.22 bits per heavy atom. The zero-order valence-corrected chi connectivity index (χ0v) is 12.3. The third-order valence-corrected chi connectivity index (χ3v) is 3.81. The molecule has 94 valence electrons. The molecule has 0 heterocycles. The molecule has 2 aromatic carbocycles. The average Bonchev–Trinajstić information content (AvgIpc) is 2.32. The molecule has 2 rings (SSSR count). The van der Waals surface area contributed by atoms with Crippen LogP contribution >= 0.6 is 23.2 Å². The highest BCUT2D eigenvalue weighted by atomic mass is 35.5. The zero-order chi connectivity index (χ0) is 13.3. The summed E-state index contributed by atoms with van der Waals surface area (Å²) in [6.45, 7) is 6.60. The van der Waals surface area contributed by atoms with Crippen LogP contribution in [0.1, 0.15) is 26.3 Å². The molecule has 0 aliphatic carbocycles. The highest BCUT2D eigenvalue weighted by molar-refractivity contribution is 6.43. The molecule has 2 heteroatoms. The Bertz CT molecular complexity index is 566. The van der Waals surface area contributed by atoms with E-state index in [9.17, 15) is 0 Å². The molecule has 0 radical (unpaired) electrons. The normalized spacial score (nSPS) is 11.6. The first-order chi connectivity index (χ1) is 8.39. The Balaban J connectivity index is 2.55. The Hall–Kier alpha value is -0.980. The number of hydrogen-bond donors (Lipinski definition) is 0. The van der Waals surface area contributed by atoms with Crippen molar-refractivity contribution in [2.45, 2.75) is 26.2 Å². The molecule has 0 amide bonds. The van der Waals surface area contributed by atoms with Crippen LogP contribution in [0, 0.1) is 0 Å². The maximum absolute atomic E-state index is 6.26. The smallest absolute Gasteiger partial charge is 0.0670 e. The topological polar surface area (TPSA) is 0 Å². The van der Waals surface area contributed by atoms with Crippen LogP contribution < -0.4 is 0 Å². The van der Waals surface area contributed by atoms with Gasteiger partial charge in [-0.1, -0.05) is 80.4 Å². The highest BCUT2D eigenvalue weighted by Gasteiger charge is 2.15. The fourth-order valence-corrected chi connectivity index (χ4v) is 2.29. The lowest BCUT2D eigenvalue weighted by Gasteiger charge is -2.20. The lowest BCUT2D eigenvalue weighted by molar-refractivity contribution is 0.590. The molecule has 18 heavy (non-hydrogen) atoms. The van der Waals surface area contributed by atoms with Gasteiger partial charge in [-0.3, -0.25) is 0 Å². The van der Waals surface area contributed by atoms with Crippen LogP contribution in [0.3, 0.4) is 0 Å². The van der Waals surface area contributed by atoms with E-state index in [1.807, 2.05) is 12.1 Å². The van der Waals surface area contributed by atoms with Gasteiger partial charge < -0.3 is 0 Å². The van der Waals surface area contributed by atoms with Gasteiger partial charge in [-0.25, -0.2) is 0 Å². The van der Waals surface area contributed by atoms with Gasteiger partial charge in [0.2, 0.25) is 0 Å². The third kappa shape index (κ3) is 2.71. The number of hydrogen-bond acceptors (Lipinski definition) is 0. The lowest BCUT2D eigenvalue weighted by Crippen LogP contribution is -2.10. The van der Waals surface area contributed by atoms with Gasteiger partial charge >= 0.3 is 0 Å². The minimum Gasteiger partial charge on any atom is -0.0827 e. The van der Waals surface area contributed by atoms with Crippen molar-refractivity contribution in [1.82, 2.24) is 0 Å². The number of halogens is 2. The van der Waals surface area contributed by atoms with Gasteiger partial charge in [0.05, 0.1) is 10.0 Å². The van der Waals surface area contributed by atoms with Crippen molar-refractivity contribution in [1.29, 1.82) is 0 Å². The zero-order valence-electron chi connectivity index (χ0n) is 10.8. The highest BCUT2D eigenvalue weighted by Crippen LogP contribution is 2.35. The van der Waals surface area contributed by atoms with Crippen molar-refractivity contribution < 1.29 is 0 Å². The fraction of sp³-hybridized carbons (Fsp3) is 0.250. The molecule has 0 spiro atoms. The second-order valence-electron chi connectivity index (χ2n) is 5.43. The van der Waals surface area contributed by atoms with E-state index in [2.05, 4.69) is 45.0 Å². The van der Waals surface area contributed by atoms with Crippen LogP contribution in [-0.2, 0) is 5.41 Å². The predicted molar refractivity (Wildman–Crippen MR) is 80.6 cm³/mol. The second kappa shape index (κ2) is 4.95. The van der Waals surface area contributed by atoms with E-state index in [4.69, 9.17) is 23.2 Å². The molecule has 0 aliphatic heterocycles. The van der Waals surface area contributed by atoms with E-state index in [-0.39, 0.29) is 5.41 Å². The minimum atomic E-state index is 0.126. The summed E-state index contributed by atoms with van der Waals surface area (Å²) in [4.78, 5) is 0. The minimum absolute atomic E-state index is 0.126. The number of benzene rings is 2. The summed E-state index contributed by atoms with van der Waals surface area (Å²) in [7, 11) is 0. The van der Waals surface area contributed by atoms with Gasteiger partial charge in [0.15, 0.2) is 0 Å². The van der Waals surface area contributed by atoms with Crippen molar-refractivity contribution in [3.8, 4) is 11.1 Å². The summed E-state index contributed by atoms with van der Waals surface area (Å²) >= 11 is 12.3. The molecule has 2 aromatic rings. The van der Waals surface area contributed by atoms with E-state index < -0.39 is 0 Å². The standard InChI is InChI=1S/C16H16Cl2/c1-16(2,3)12-7-4-6-11(10-12)13-8-5-9-14(17)15(13)18/h4-10H,1-3H3. The first-order valence-corrected chi connectivity index (χ1v) is 6.70. The number of rotatable bonds is 1. The van der Waals surface area contributed by atoms with Gasteiger partial charge in [-0.05, 0) is 22.6 Å². The third-order valence-electron chi connectivity index (χ3n) is 2.99. The Kier molecular flexibility index (Phi) is 3.70. The maximum Gasteiger partial charge on any atom is 0.0670 e. The van der Waals surface area contributed by atoms with Gasteiger partial charge in [-0.15, -0.1) is 0 Å². The second-order valence-corrected chi connectivity index (χ2v) is 6.22. The Morgan fingerprint density at radius 2 is 1.56 bits per heavy atom. The van der Waals surface area contributed by atoms with Crippen molar-refractivity contribution in [2.75, 3.05) is 0 Å². The van der Waals surface area contributed by atoms with E-state index in [1.165, 1.54) is 5.56 Å². The van der Waals surface area contributed by atoms with Crippen LogP contribution in [-0.4, -0.2) is 0 Å². The van der Waals surface area contributed by atoms with Crippen molar-refractivity contribution in [2.24, 2.45) is 0 Å². The van der Waals surface area contributed by atoms with E-state index in [1.54, 1.807) is 6.07 Å². The molecule has 0 N–H and O–H groups in total. The van der Waals surface area contributed by atoms with Crippen molar-refractivity contribution >= 4 is 23.2 Å². The van der Waals surface area contributed by atoms with Crippen LogP contribution in [0.25, 0.3) is 11.1 Å². The molecular formula is C16H16Cl2. The van der Waals surface area contributed by atoms with Crippen molar-refractivity contribution in [3.05, 3.63) is 58.1 Å². The van der Waals surface area contributed by atoms with Crippen LogP contribution in [0.4, 0.5) is 0 Å². The lowest BCUT2D eigenvalue weighted by atomic mass is 9.85. The quantitative estimate of drug-likeness (QED) is 0.604. The average molecular weight is 279 g/mol. The van der Waals surface area contributed by atoms with E-state index in [0.29, 0.717) is 10.0 Å². The summed E-state index contributed by atoms with van der Waals surface area (Å²) < 4.78 is 0. The summed E-state index contributed by atoms with van der Waals surface area (Å²) in [5.41, 5.74) is 3.50. The fourth-order valence-electron chi connectivity index (χ4n) is 1.88. The first-order valence-electron chi connectivity index (χ1n) is 5.94. The molecule has 0 bridgehead atoms. The van der Waals surface area contributed by atoms with E-state index >= 15 is 0 Å². The molecule has 0 saturated carbocycles. The van der Waals surface area contributed by atoms with Gasteiger partial charge in [-0.2, -0.15) is 0 Å². The summed E-state index contributed by atoms with van der Waals surface area (Å²) in [5, 5.41) is 1.21. The predicted octanol–water partition coefficient (Wildman–Crippen LogP) is 5.96. The molecule has 0 aromatic heterocycles. The van der Waals surface area contributed by atoms with E-state index in [0.717, 1.165) is 11.1 Å². The van der Waals surface area contributed by atoms with Crippen LogP contribution in [0.2, 0.25) is 10.0 Å². The monoisotopic (exact) mass is 278 g/mol. The van der Waals surface area contributed by atoms with Gasteiger partial charge in [0, 0.05) is 5.56 Å². The molecule has 0 saturated heterocycles. The van der Waals surface area contributed by atoms with Crippen LogP contribution in [0.5, 0.6) is 0 Å². The largest absolute Gasteiger partial charge is 0.0827 e. The van der Waals surface area contributed by atoms with Crippen molar-refractivity contribution in [3.63, 3.8) is 0 Å². The Morgan fingerprint density at radius 1 is 0.889 bits per heavy atom. The summed E-state index contributed by atoms with van der Waals surface area (Å²) in [6.07, 6.45) is 0. The van der Waals surface area contributed by atoms with Crippen LogP contribution in [0.15, 0.2) is 42.5 Å². The Labute approximate surface area is 119 Å². The molecule has 0 fully saturated rings. The molecule has 0 atom stereocenters. The maximum atomic E-state index is 6.26.